The molecule has 21 heavy (non-hydrogen) atoms. The first kappa shape index (κ1) is 17.1. The van der Waals surface area contributed by atoms with Gasteiger partial charge in [0.15, 0.2) is 0 Å². The third-order valence-corrected chi connectivity index (χ3v) is 5.81. The fourth-order valence-electron chi connectivity index (χ4n) is 4.46. The van der Waals surface area contributed by atoms with Crippen molar-refractivity contribution >= 4 is 0 Å². The van der Waals surface area contributed by atoms with E-state index in [4.69, 9.17) is 4.74 Å². The van der Waals surface area contributed by atoms with E-state index in [0.717, 1.165) is 30.8 Å². The van der Waals surface area contributed by atoms with Gasteiger partial charge in [0.1, 0.15) is 0 Å². The summed E-state index contributed by atoms with van der Waals surface area (Å²) in [7, 11) is 0. The van der Waals surface area contributed by atoms with E-state index in [9.17, 15) is 0 Å². The standard InChI is InChI=1S/C20H36O/c1-3-5-6-7-17-8-10-18(11-9-17)19-12-14-20(15-13-19)21-16-4-2/h3,5,17-20H,4,6-16H2,1-2H3/b5-3+. The van der Waals surface area contributed by atoms with Crippen LogP contribution in [0.2, 0.25) is 0 Å². The van der Waals surface area contributed by atoms with Crippen molar-refractivity contribution in [1.82, 2.24) is 0 Å². The van der Waals surface area contributed by atoms with Crippen molar-refractivity contribution in [1.29, 1.82) is 0 Å². The lowest BCUT2D eigenvalue weighted by molar-refractivity contribution is 0.00730. The van der Waals surface area contributed by atoms with E-state index < -0.39 is 0 Å². The Kier molecular flexibility index (Phi) is 7.85. The molecule has 2 saturated carbocycles. The van der Waals surface area contributed by atoms with Gasteiger partial charge in [0, 0.05) is 6.61 Å². The van der Waals surface area contributed by atoms with Gasteiger partial charge in [-0.25, -0.2) is 0 Å². The second-order valence-electron chi connectivity index (χ2n) is 7.33. The molecule has 2 aliphatic carbocycles. The van der Waals surface area contributed by atoms with Crippen LogP contribution in [0.3, 0.4) is 0 Å². The third-order valence-electron chi connectivity index (χ3n) is 5.81. The van der Waals surface area contributed by atoms with Gasteiger partial charge in [-0.05, 0) is 82.5 Å². The van der Waals surface area contributed by atoms with E-state index in [1.807, 2.05) is 0 Å². The average molecular weight is 293 g/mol. The molecule has 0 aromatic heterocycles. The summed E-state index contributed by atoms with van der Waals surface area (Å²) < 4.78 is 5.93. The molecule has 1 heteroatoms. The highest BCUT2D eigenvalue weighted by molar-refractivity contribution is 4.84. The van der Waals surface area contributed by atoms with E-state index in [1.165, 1.54) is 64.2 Å². The van der Waals surface area contributed by atoms with Crippen molar-refractivity contribution in [2.45, 2.75) is 90.6 Å². The Morgan fingerprint density at radius 1 is 0.905 bits per heavy atom. The Balaban J connectivity index is 1.62. The van der Waals surface area contributed by atoms with E-state index in [1.54, 1.807) is 0 Å². The summed E-state index contributed by atoms with van der Waals surface area (Å²) in [6.45, 7) is 5.31. The second-order valence-corrected chi connectivity index (χ2v) is 7.33. The molecule has 0 spiro atoms. The predicted octanol–water partition coefficient (Wildman–Crippen LogP) is 6.13. The molecule has 0 aliphatic heterocycles. The molecule has 2 aliphatic rings. The van der Waals surface area contributed by atoms with Crippen molar-refractivity contribution in [2.75, 3.05) is 6.61 Å². The fourth-order valence-corrected chi connectivity index (χ4v) is 4.46. The third kappa shape index (κ3) is 5.77. The summed E-state index contributed by atoms with van der Waals surface area (Å²) in [6.07, 6.45) is 20.5. The summed E-state index contributed by atoms with van der Waals surface area (Å²) in [6, 6.07) is 0. The second kappa shape index (κ2) is 9.66. The molecule has 2 fully saturated rings. The number of hydrogen-bond acceptors (Lipinski definition) is 1. The SMILES string of the molecule is C/C=C/CCC1CCC(C2CCC(OCCC)CC2)CC1. The van der Waals surface area contributed by atoms with Crippen LogP contribution in [0.4, 0.5) is 0 Å². The molecule has 0 atom stereocenters. The highest BCUT2D eigenvalue weighted by Gasteiger charge is 2.30. The maximum absolute atomic E-state index is 5.93. The smallest absolute Gasteiger partial charge is 0.0575 e. The van der Waals surface area contributed by atoms with E-state index in [-0.39, 0.29) is 0 Å². The Morgan fingerprint density at radius 2 is 1.52 bits per heavy atom. The van der Waals surface area contributed by atoms with Crippen LogP contribution in [0.15, 0.2) is 12.2 Å². The molecular formula is C20H36O. The molecule has 0 unspecified atom stereocenters. The van der Waals surface area contributed by atoms with E-state index in [2.05, 4.69) is 26.0 Å². The molecule has 0 N–H and O–H groups in total. The molecule has 1 nitrogen and oxygen atoms in total. The molecule has 2 rings (SSSR count). The van der Waals surface area contributed by atoms with Crippen LogP contribution in [0.1, 0.15) is 84.5 Å². The number of rotatable bonds is 7. The zero-order valence-corrected chi connectivity index (χ0v) is 14.4. The lowest BCUT2D eigenvalue weighted by atomic mass is 9.70. The highest BCUT2D eigenvalue weighted by Crippen LogP contribution is 2.41. The predicted molar refractivity (Wildman–Crippen MR) is 91.5 cm³/mol. The Labute approximate surface area is 132 Å². The lowest BCUT2D eigenvalue weighted by Gasteiger charge is -2.37. The summed E-state index contributed by atoms with van der Waals surface area (Å²) >= 11 is 0. The van der Waals surface area contributed by atoms with Crippen molar-refractivity contribution in [2.24, 2.45) is 17.8 Å². The first-order valence-corrected chi connectivity index (χ1v) is 9.56. The number of ether oxygens (including phenoxy) is 1. The zero-order valence-electron chi connectivity index (χ0n) is 14.4. The normalized spacial score (nSPS) is 34.4. The van der Waals surface area contributed by atoms with Crippen LogP contribution in [-0.4, -0.2) is 12.7 Å². The molecule has 0 aromatic rings. The molecule has 122 valence electrons. The molecule has 0 heterocycles. The van der Waals surface area contributed by atoms with Crippen LogP contribution >= 0.6 is 0 Å². The van der Waals surface area contributed by atoms with E-state index in [0.29, 0.717) is 6.10 Å². The Bertz CT molecular complexity index is 280. The minimum Gasteiger partial charge on any atom is -0.378 e. The van der Waals surface area contributed by atoms with Crippen LogP contribution in [0.25, 0.3) is 0 Å². The minimum atomic E-state index is 0.582. The summed E-state index contributed by atoms with van der Waals surface area (Å²) in [5.74, 6) is 3.07. The van der Waals surface area contributed by atoms with Crippen molar-refractivity contribution < 1.29 is 4.74 Å². The molecular weight excluding hydrogens is 256 g/mol. The van der Waals surface area contributed by atoms with Gasteiger partial charge in [-0.1, -0.05) is 31.9 Å². The van der Waals surface area contributed by atoms with Gasteiger partial charge in [-0.3, -0.25) is 0 Å². The largest absolute Gasteiger partial charge is 0.378 e. The molecule has 0 amide bonds. The molecule has 0 aromatic carbocycles. The first-order valence-electron chi connectivity index (χ1n) is 9.56. The lowest BCUT2D eigenvalue weighted by Crippen LogP contribution is -2.28. The van der Waals surface area contributed by atoms with Gasteiger partial charge in [-0.2, -0.15) is 0 Å². The highest BCUT2D eigenvalue weighted by atomic mass is 16.5. The monoisotopic (exact) mass is 292 g/mol. The first-order chi connectivity index (χ1) is 10.3. The number of allylic oxidation sites excluding steroid dienone is 2. The fraction of sp³-hybridized carbons (Fsp3) is 0.900. The van der Waals surface area contributed by atoms with Crippen molar-refractivity contribution in [3.05, 3.63) is 12.2 Å². The molecule has 0 radical (unpaired) electrons. The van der Waals surface area contributed by atoms with Crippen LogP contribution in [0, 0.1) is 17.8 Å². The van der Waals surface area contributed by atoms with Gasteiger partial charge >= 0.3 is 0 Å². The van der Waals surface area contributed by atoms with Crippen molar-refractivity contribution in [3.63, 3.8) is 0 Å². The summed E-state index contributed by atoms with van der Waals surface area (Å²) in [4.78, 5) is 0. The average Bonchev–Trinajstić information content (AvgIpc) is 2.54. The van der Waals surface area contributed by atoms with Crippen LogP contribution in [0.5, 0.6) is 0 Å². The van der Waals surface area contributed by atoms with Gasteiger partial charge in [-0.15, -0.1) is 0 Å². The van der Waals surface area contributed by atoms with Crippen LogP contribution < -0.4 is 0 Å². The van der Waals surface area contributed by atoms with Gasteiger partial charge in [0.05, 0.1) is 6.10 Å². The molecule has 0 bridgehead atoms. The number of hydrogen-bond donors (Lipinski definition) is 0. The Morgan fingerprint density at radius 3 is 2.10 bits per heavy atom. The van der Waals surface area contributed by atoms with Gasteiger partial charge in [0.25, 0.3) is 0 Å². The molecule has 0 saturated heterocycles. The minimum absolute atomic E-state index is 0.582. The van der Waals surface area contributed by atoms with Crippen LogP contribution in [-0.2, 0) is 4.74 Å². The summed E-state index contributed by atoms with van der Waals surface area (Å²) in [5, 5.41) is 0. The van der Waals surface area contributed by atoms with E-state index >= 15 is 0 Å². The Hall–Kier alpha value is -0.300. The topological polar surface area (TPSA) is 9.23 Å². The quantitative estimate of drug-likeness (QED) is 0.512. The van der Waals surface area contributed by atoms with Gasteiger partial charge < -0.3 is 4.74 Å². The maximum Gasteiger partial charge on any atom is 0.0575 e. The zero-order chi connectivity index (χ0) is 14.9. The summed E-state index contributed by atoms with van der Waals surface area (Å²) in [5.41, 5.74) is 0. The maximum atomic E-state index is 5.93. The van der Waals surface area contributed by atoms with Crippen molar-refractivity contribution in [3.8, 4) is 0 Å². The van der Waals surface area contributed by atoms with Gasteiger partial charge in [0.2, 0.25) is 0 Å².